The first kappa shape index (κ1) is 21.1. The van der Waals surface area contributed by atoms with Crippen LogP contribution in [0.4, 0.5) is 0 Å². The first-order chi connectivity index (χ1) is 14.6. The average Bonchev–Trinajstić information content (AvgIpc) is 2.78. The van der Waals surface area contributed by atoms with E-state index < -0.39 is 5.91 Å². The fraction of sp³-hybridized carbons (Fsp3) is 0.0870. The molecule has 0 bridgehead atoms. The maximum atomic E-state index is 12.4. The number of carbonyl (C=O) groups is 1. The van der Waals surface area contributed by atoms with Crippen molar-refractivity contribution in [3.05, 3.63) is 93.5 Å². The van der Waals surface area contributed by atoms with Crippen molar-refractivity contribution in [2.45, 2.75) is 6.61 Å². The van der Waals surface area contributed by atoms with Crippen LogP contribution in [0.25, 0.3) is 0 Å². The molecule has 0 atom stereocenters. The highest BCUT2D eigenvalue weighted by molar-refractivity contribution is 9.10. The minimum atomic E-state index is -0.397. The highest BCUT2D eigenvalue weighted by atomic mass is 79.9. The van der Waals surface area contributed by atoms with Gasteiger partial charge in [-0.15, -0.1) is 0 Å². The van der Waals surface area contributed by atoms with Gasteiger partial charge in [0.05, 0.1) is 30.5 Å². The predicted molar refractivity (Wildman–Crippen MR) is 118 cm³/mol. The molecule has 3 aromatic carbocycles. The Kier molecular flexibility index (Phi) is 7.19. The molecule has 0 aromatic heterocycles. The second-order valence-electron chi connectivity index (χ2n) is 6.14. The van der Waals surface area contributed by atoms with Crippen molar-refractivity contribution in [1.29, 1.82) is 5.26 Å². The number of ether oxygens (including phenoxy) is 2. The van der Waals surface area contributed by atoms with Gasteiger partial charge in [0, 0.05) is 15.6 Å². The van der Waals surface area contributed by atoms with Crippen LogP contribution in [0.3, 0.4) is 0 Å². The van der Waals surface area contributed by atoms with Crippen molar-refractivity contribution in [1.82, 2.24) is 5.43 Å². The van der Waals surface area contributed by atoms with Crippen LogP contribution in [-0.2, 0) is 6.61 Å². The first-order valence-electron chi connectivity index (χ1n) is 8.99. The lowest BCUT2D eigenvalue weighted by atomic mass is 10.1. The zero-order valence-electron chi connectivity index (χ0n) is 16.1. The molecule has 0 fully saturated rings. The Hall–Kier alpha value is -3.63. The molecule has 7 heteroatoms. The van der Waals surface area contributed by atoms with Gasteiger partial charge in [-0.05, 0) is 36.4 Å². The summed E-state index contributed by atoms with van der Waals surface area (Å²) in [6.07, 6.45) is 1.51. The van der Waals surface area contributed by atoms with Crippen molar-refractivity contribution in [3.8, 4) is 17.6 Å². The van der Waals surface area contributed by atoms with Crippen LogP contribution in [0, 0.1) is 11.3 Å². The molecule has 0 aliphatic rings. The number of nitrogens with one attached hydrogen (secondary N) is 1. The van der Waals surface area contributed by atoms with Gasteiger partial charge in [0.15, 0.2) is 0 Å². The fourth-order valence-electron chi connectivity index (χ4n) is 2.71. The van der Waals surface area contributed by atoms with Gasteiger partial charge in [-0.1, -0.05) is 46.3 Å². The topological polar surface area (TPSA) is 83.7 Å². The van der Waals surface area contributed by atoms with Crippen molar-refractivity contribution >= 4 is 28.1 Å². The predicted octanol–water partition coefficient (Wildman–Crippen LogP) is 4.67. The number of carbonyl (C=O) groups excluding carboxylic acids is 1. The third kappa shape index (κ3) is 5.25. The molecule has 1 N–H and O–H groups in total. The Morgan fingerprint density at radius 3 is 2.70 bits per heavy atom. The summed E-state index contributed by atoms with van der Waals surface area (Å²) < 4.78 is 11.9. The Balaban J connectivity index is 1.70. The Morgan fingerprint density at radius 1 is 1.13 bits per heavy atom. The molecule has 1 amide bonds. The van der Waals surface area contributed by atoms with E-state index in [-0.39, 0.29) is 6.61 Å². The number of halogens is 1. The summed E-state index contributed by atoms with van der Waals surface area (Å²) in [7, 11) is 1.50. The zero-order chi connectivity index (χ0) is 21.3. The maximum absolute atomic E-state index is 12.4. The monoisotopic (exact) mass is 463 g/mol. The molecule has 6 nitrogen and oxygen atoms in total. The average molecular weight is 464 g/mol. The van der Waals surface area contributed by atoms with Gasteiger partial charge < -0.3 is 9.47 Å². The van der Waals surface area contributed by atoms with E-state index in [1.165, 1.54) is 13.3 Å². The van der Waals surface area contributed by atoms with Crippen molar-refractivity contribution in [2.24, 2.45) is 5.10 Å². The molecular weight excluding hydrogens is 446 g/mol. The largest absolute Gasteiger partial charge is 0.496 e. The summed E-state index contributed by atoms with van der Waals surface area (Å²) >= 11 is 3.34. The number of para-hydroxylation sites is 1. The van der Waals surface area contributed by atoms with Gasteiger partial charge in [0.2, 0.25) is 0 Å². The number of benzene rings is 3. The Labute approximate surface area is 182 Å². The molecule has 3 rings (SSSR count). The zero-order valence-corrected chi connectivity index (χ0v) is 17.7. The lowest BCUT2D eigenvalue weighted by Crippen LogP contribution is -2.18. The van der Waals surface area contributed by atoms with Gasteiger partial charge in [0.25, 0.3) is 5.91 Å². The normalized spacial score (nSPS) is 10.4. The van der Waals surface area contributed by atoms with Gasteiger partial charge >= 0.3 is 0 Å². The summed E-state index contributed by atoms with van der Waals surface area (Å²) in [5.41, 5.74) is 4.91. The second kappa shape index (κ2) is 10.2. The number of methoxy groups -OCH3 is 1. The lowest BCUT2D eigenvalue weighted by Gasteiger charge is -2.10. The minimum absolute atomic E-state index is 0.246. The van der Waals surface area contributed by atoms with E-state index in [0.29, 0.717) is 28.2 Å². The molecule has 0 spiro atoms. The maximum Gasteiger partial charge on any atom is 0.275 e. The standard InChI is InChI=1S/C23H18BrN3O3/c1-29-22-11-10-19(24)12-20(22)23(28)27-26-14-17-7-4-5-9-21(17)30-15-18-8-3-2-6-16(18)13-25/h2-12,14H,15H2,1H3,(H,27,28)/b26-14-. The number of hydrogen-bond donors (Lipinski definition) is 1. The van der Waals surface area contributed by atoms with Gasteiger partial charge in [-0.3, -0.25) is 4.79 Å². The van der Waals surface area contributed by atoms with E-state index in [2.05, 4.69) is 32.5 Å². The Morgan fingerprint density at radius 2 is 1.90 bits per heavy atom. The van der Waals surface area contributed by atoms with Gasteiger partial charge in [0.1, 0.15) is 18.1 Å². The van der Waals surface area contributed by atoms with Crippen LogP contribution >= 0.6 is 15.9 Å². The van der Waals surface area contributed by atoms with E-state index in [9.17, 15) is 10.1 Å². The van der Waals surface area contributed by atoms with Gasteiger partial charge in [-0.2, -0.15) is 10.4 Å². The van der Waals surface area contributed by atoms with Gasteiger partial charge in [-0.25, -0.2) is 5.43 Å². The van der Waals surface area contributed by atoms with Crippen LogP contribution in [0.5, 0.6) is 11.5 Å². The van der Waals surface area contributed by atoms with Crippen LogP contribution in [-0.4, -0.2) is 19.2 Å². The molecular formula is C23H18BrN3O3. The third-order valence-corrected chi connectivity index (χ3v) is 4.71. The number of amides is 1. The number of hydrogen-bond acceptors (Lipinski definition) is 5. The third-order valence-electron chi connectivity index (χ3n) is 4.22. The molecule has 0 radical (unpaired) electrons. The summed E-state index contributed by atoms with van der Waals surface area (Å²) in [6.45, 7) is 0.246. The van der Waals surface area contributed by atoms with Crippen LogP contribution in [0.15, 0.2) is 76.3 Å². The Bertz CT molecular complexity index is 1120. The summed E-state index contributed by atoms with van der Waals surface area (Å²) in [5.74, 6) is 0.639. The first-order valence-corrected chi connectivity index (χ1v) is 9.78. The minimum Gasteiger partial charge on any atom is -0.496 e. The quantitative estimate of drug-likeness (QED) is 0.407. The van der Waals surface area contributed by atoms with Crippen LogP contribution < -0.4 is 14.9 Å². The van der Waals surface area contributed by atoms with Crippen molar-refractivity contribution in [2.75, 3.05) is 7.11 Å². The van der Waals surface area contributed by atoms with Crippen molar-refractivity contribution in [3.63, 3.8) is 0 Å². The molecule has 0 aliphatic heterocycles. The molecule has 0 saturated heterocycles. The van der Waals surface area contributed by atoms with Crippen LogP contribution in [0.1, 0.15) is 27.0 Å². The van der Waals surface area contributed by atoms with E-state index in [0.717, 1.165) is 10.0 Å². The van der Waals surface area contributed by atoms with E-state index >= 15 is 0 Å². The molecule has 0 heterocycles. The molecule has 0 saturated carbocycles. The molecule has 150 valence electrons. The molecule has 0 unspecified atom stereocenters. The summed E-state index contributed by atoms with van der Waals surface area (Å²) in [5, 5.41) is 13.3. The smallest absolute Gasteiger partial charge is 0.275 e. The van der Waals surface area contributed by atoms with E-state index in [1.54, 1.807) is 30.3 Å². The number of nitrogens with zero attached hydrogens (tertiary/aromatic N) is 2. The molecule has 30 heavy (non-hydrogen) atoms. The molecule has 0 aliphatic carbocycles. The highest BCUT2D eigenvalue weighted by Crippen LogP contribution is 2.23. The van der Waals surface area contributed by atoms with Crippen molar-refractivity contribution < 1.29 is 14.3 Å². The van der Waals surface area contributed by atoms with E-state index in [1.807, 2.05) is 36.4 Å². The summed E-state index contributed by atoms with van der Waals surface area (Å²) in [4.78, 5) is 12.4. The lowest BCUT2D eigenvalue weighted by molar-refractivity contribution is 0.0952. The number of hydrazone groups is 1. The number of nitriles is 1. The van der Waals surface area contributed by atoms with E-state index in [4.69, 9.17) is 9.47 Å². The SMILES string of the molecule is COc1ccc(Br)cc1C(=O)N/N=C\c1ccccc1OCc1ccccc1C#N. The second-order valence-corrected chi connectivity index (χ2v) is 7.05. The fourth-order valence-corrected chi connectivity index (χ4v) is 3.07. The highest BCUT2D eigenvalue weighted by Gasteiger charge is 2.12. The number of rotatable bonds is 7. The molecule has 3 aromatic rings. The summed E-state index contributed by atoms with van der Waals surface area (Å²) in [6, 6.07) is 21.9. The van der Waals surface area contributed by atoms with Crippen LogP contribution in [0.2, 0.25) is 0 Å².